The molecule has 0 atom stereocenters. The fraction of sp³-hybridized carbons (Fsp3) is 0.406. The minimum Gasteiger partial charge on any atom is -0.494 e. The highest BCUT2D eigenvalue weighted by molar-refractivity contribution is 5.91. The summed E-state index contributed by atoms with van der Waals surface area (Å²) in [4.78, 5) is 12.5. The maximum Gasteiger partial charge on any atom is 0.343 e. The first kappa shape index (κ1) is 27.7. The van der Waals surface area contributed by atoms with Crippen molar-refractivity contribution < 1.29 is 27.4 Å². The van der Waals surface area contributed by atoms with Gasteiger partial charge in [-0.1, -0.05) is 56.9 Å². The first-order chi connectivity index (χ1) is 18.4. The van der Waals surface area contributed by atoms with Crippen molar-refractivity contribution in [1.29, 1.82) is 0 Å². The smallest absolute Gasteiger partial charge is 0.343 e. The van der Waals surface area contributed by atoms with Crippen LogP contribution in [0.4, 0.5) is 13.2 Å². The number of hydrogen-bond donors (Lipinski definition) is 0. The van der Waals surface area contributed by atoms with Crippen LogP contribution in [0, 0.1) is 23.4 Å². The van der Waals surface area contributed by atoms with E-state index < -0.39 is 23.4 Å². The van der Waals surface area contributed by atoms with E-state index in [2.05, 4.69) is 6.92 Å². The van der Waals surface area contributed by atoms with Gasteiger partial charge in [-0.3, -0.25) is 0 Å². The number of esters is 1. The Morgan fingerprint density at radius 3 is 2.26 bits per heavy atom. The molecule has 0 saturated heterocycles. The Labute approximate surface area is 223 Å². The van der Waals surface area contributed by atoms with Crippen LogP contribution in [0.3, 0.4) is 0 Å². The minimum atomic E-state index is -0.876. The molecule has 6 heteroatoms. The zero-order valence-corrected chi connectivity index (χ0v) is 22.1. The molecule has 1 aliphatic rings. The Bertz CT molecular complexity index is 1230. The molecule has 0 aliphatic heterocycles. The van der Waals surface area contributed by atoms with Crippen molar-refractivity contribution in [3.8, 4) is 22.6 Å². The Balaban J connectivity index is 1.41. The predicted octanol–water partition coefficient (Wildman–Crippen LogP) is 9.24. The third-order valence-corrected chi connectivity index (χ3v) is 7.46. The molecule has 202 valence electrons. The third-order valence-electron chi connectivity index (χ3n) is 7.46. The number of unbranched alkanes of at least 4 members (excludes halogenated alkanes) is 2. The van der Waals surface area contributed by atoms with E-state index in [9.17, 15) is 9.18 Å². The van der Waals surface area contributed by atoms with E-state index in [0.717, 1.165) is 31.7 Å². The van der Waals surface area contributed by atoms with Crippen LogP contribution in [-0.4, -0.2) is 12.6 Å². The summed E-state index contributed by atoms with van der Waals surface area (Å²) >= 11 is 0. The second kappa shape index (κ2) is 13.0. The van der Waals surface area contributed by atoms with E-state index >= 15 is 8.78 Å². The summed E-state index contributed by atoms with van der Waals surface area (Å²) < 4.78 is 54.9. The molecular weight excluding hydrogens is 489 g/mol. The largest absolute Gasteiger partial charge is 0.494 e. The summed E-state index contributed by atoms with van der Waals surface area (Å²) in [6, 6.07) is 13.3. The van der Waals surface area contributed by atoms with Gasteiger partial charge >= 0.3 is 5.97 Å². The summed E-state index contributed by atoms with van der Waals surface area (Å²) in [5.74, 6) is -2.28. The summed E-state index contributed by atoms with van der Waals surface area (Å²) in [6.45, 7) is 4.37. The molecule has 1 fully saturated rings. The van der Waals surface area contributed by atoms with E-state index in [1.807, 2.05) is 0 Å². The second-order valence-corrected chi connectivity index (χ2v) is 10.0. The number of halogens is 3. The van der Waals surface area contributed by atoms with Gasteiger partial charge in [-0.25, -0.2) is 18.0 Å². The zero-order valence-electron chi connectivity index (χ0n) is 22.1. The first-order valence-corrected chi connectivity index (χ1v) is 13.6. The molecular formula is C32H35F3O3. The highest BCUT2D eigenvalue weighted by Gasteiger charge is 2.26. The second-order valence-electron chi connectivity index (χ2n) is 10.0. The van der Waals surface area contributed by atoms with Crippen LogP contribution in [0.5, 0.6) is 11.5 Å². The summed E-state index contributed by atoms with van der Waals surface area (Å²) in [5.41, 5.74) is 1.19. The summed E-state index contributed by atoms with van der Waals surface area (Å²) in [7, 11) is 0. The fourth-order valence-corrected chi connectivity index (χ4v) is 5.31. The van der Waals surface area contributed by atoms with Crippen LogP contribution in [0.2, 0.25) is 0 Å². The van der Waals surface area contributed by atoms with Crippen molar-refractivity contribution in [3.63, 3.8) is 0 Å². The number of carbonyl (C=O) groups excluding carboxylic acids is 1. The Morgan fingerprint density at radius 2 is 1.61 bits per heavy atom. The lowest BCUT2D eigenvalue weighted by atomic mass is 9.76. The van der Waals surface area contributed by atoms with Gasteiger partial charge in [0.1, 0.15) is 5.75 Å². The number of carbonyl (C=O) groups is 1. The SMILES string of the molecule is CCCCCC1CCC(c2ccc(-c3ccc(C(=O)Oc4ccc(OCC)cc4F)cc3)c(F)c2F)CC1. The average Bonchev–Trinajstić information content (AvgIpc) is 2.93. The van der Waals surface area contributed by atoms with E-state index in [1.54, 1.807) is 19.1 Å². The van der Waals surface area contributed by atoms with Gasteiger partial charge in [0.05, 0.1) is 12.2 Å². The van der Waals surface area contributed by atoms with Crippen molar-refractivity contribution in [2.75, 3.05) is 6.61 Å². The standard InChI is InChI=1S/C32H35F3O3/c1-3-5-6-7-21-8-10-22(11-9-21)26-17-18-27(31(35)30(26)34)23-12-14-24(15-13-23)32(36)38-29-19-16-25(37-4-2)20-28(29)33/h12-22H,3-11H2,1-2H3. The maximum atomic E-state index is 15.1. The molecule has 4 rings (SSSR count). The normalized spacial score (nSPS) is 17.3. The van der Waals surface area contributed by atoms with Crippen LogP contribution >= 0.6 is 0 Å². The first-order valence-electron chi connectivity index (χ1n) is 13.6. The monoisotopic (exact) mass is 524 g/mol. The number of rotatable bonds is 10. The molecule has 38 heavy (non-hydrogen) atoms. The van der Waals surface area contributed by atoms with Crippen molar-refractivity contribution in [2.24, 2.45) is 5.92 Å². The lowest BCUT2D eigenvalue weighted by Crippen LogP contribution is -2.15. The topological polar surface area (TPSA) is 35.5 Å². The molecule has 1 aliphatic carbocycles. The fourth-order valence-electron chi connectivity index (χ4n) is 5.31. The van der Waals surface area contributed by atoms with Gasteiger partial charge in [0.2, 0.25) is 0 Å². The lowest BCUT2D eigenvalue weighted by Gasteiger charge is -2.29. The molecule has 0 radical (unpaired) electrons. The van der Waals surface area contributed by atoms with Crippen LogP contribution in [0.15, 0.2) is 54.6 Å². The maximum absolute atomic E-state index is 15.1. The van der Waals surface area contributed by atoms with Gasteiger partial charge in [-0.15, -0.1) is 0 Å². The minimum absolute atomic E-state index is 0.0427. The van der Waals surface area contributed by atoms with Gasteiger partial charge in [-0.05, 0) is 79.8 Å². The molecule has 0 bridgehead atoms. The van der Waals surface area contributed by atoms with Crippen LogP contribution in [0.25, 0.3) is 11.1 Å². The number of benzene rings is 3. The van der Waals surface area contributed by atoms with E-state index in [4.69, 9.17) is 9.47 Å². The van der Waals surface area contributed by atoms with Gasteiger partial charge in [0.25, 0.3) is 0 Å². The summed E-state index contributed by atoms with van der Waals surface area (Å²) in [5, 5.41) is 0. The molecule has 0 heterocycles. The van der Waals surface area contributed by atoms with Gasteiger partial charge in [0.15, 0.2) is 23.2 Å². The number of hydrogen-bond acceptors (Lipinski definition) is 3. The Kier molecular flexibility index (Phi) is 9.48. The molecule has 3 nitrogen and oxygen atoms in total. The predicted molar refractivity (Wildman–Crippen MR) is 143 cm³/mol. The molecule has 3 aromatic rings. The lowest BCUT2D eigenvalue weighted by molar-refractivity contribution is 0.0727. The molecule has 3 aromatic carbocycles. The molecule has 0 N–H and O–H groups in total. The van der Waals surface area contributed by atoms with E-state index in [1.165, 1.54) is 62.1 Å². The molecule has 0 amide bonds. The third kappa shape index (κ3) is 6.58. The molecule has 0 unspecified atom stereocenters. The molecule has 0 spiro atoms. The van der Waals surface area contributed by atoms with Crippen LogP contribution < -0.4 is 9.47 Å². The Morgan fingerprint density at radius 1 is 0.868 bits per heavy atom. The highest BCUT2D eigenvalue weighted by atomic mass is 19.2. The number of ether oxygens (including phenoxy) is 2. The van der Waals surface area contributed by atoms with Gasteiger partial charge < -0.3 is 9.47 Å². The average molecular weight is 525 g/mol. The Hall–Kier alpha value is -3.28. The van der Waals surface area contributed by atoms with Crippen LogP contribution in [-0.2, 0) is 0 Å². The van der Waals surface area contributed by atoms with E-state index in [-0.39, 0.29) is 22.8 Å². The zero-order chi connectivity index (χ0) is 27.1. The highest BCUT2D eigenvalue weighted by Crippen LogP contribution is 2.40. The van der Waals surface area contributed by atoms with Gasteiger partial charge in [-0.2, -0.15) is 0 Å². The van der Waals surface area contributed by atoms with Gasteiger partial charge in [0, 0.05) is 11.6 Å². The van der Waals surface area contributed by atoms with Crippen molar-refractivity contribution in [2.45, 2.75) is 71.1 Å². The van der Waals surface area contributed by atoms with E-state index in [0.29, 0.717) is 29.4 Å². The van der Waals surface area contributed by atoms with Crippen molar-refractivity contribution in [3.05, 3.63) is 83.2 Å². The van der Waals surface area contributed by atoms with Crippen molar-refractivity contribution >= 4 is 5.97 Å². The van der Waals surface area contributed by atoms with Crippen LogP contribution in [0.1, 0.15) is 87.1 Å². The molecule has 1 saturated carbocycles. The molecule has 0 aromatic heterocycles. The van der Waals surface area contributed by atoms with Crippen molar-refractivity contribution in [1.82, 2.24) is 0 Å². The summed E-state index contributed by atoms with van der Waals surface area (Å²) in [6.07, 6.45) is 8.85. The quantitative estimate of drug-likeness (QED) is 0.151.